The minimum atomic E-state index is -0.212. The molecule has 3 aromatic carbocycles. The first kappa shape index (κ1) is 19.6. The van der Waals surface area contributed by atoms with Gasteiger partial charge >= 0.3 is 0 Å². The van der Waals surface area contributed by atoms with Crippen molar-refractivity contribution in [3.8, 4) is 17.1 Å². The van der Waals surface area contributed by atoms with Crippen LogP contribution in [-0.4, -0.2) is 0 Å². The van der Waals surface area contributed by atoms with Gasteiger partial charge in [0.25, 0.3) is 0 Å². The van der Waals surface area contributed by atoms with Crippen LogP contribution in [0.2, 0.25) is 10.0 Å². The van der Waals surface area contributed by atoms with E-state index in [1.54, 1.807) is 18.2 Å². The lowest BCUT2D eigenvalue weighted by Crippen LogP contribution is -2.10. The van der Waals surface area contributed by atoms with Crippen molar-refractivity contribution in [3.63, 3.8) is 0 Å². The second-order valence-electron chi connectivity index (χ2n) is 6.98. The SMILES string of the molecule is Cc1ccc(-c2oc3ccc(C)cc3c(=O)c2OCc2ccc(Cl)cc2Cl)cc1. The zero-order valence-corrected chi connectivity index (χ0v) is 17.5. The van der Waals surface area contributed by atoms with Crippen molar-refractivity contribution >= 4 is 34.2 Å². The summed E-state index contributed by atoms with van der Waals surface area (Å²) in [6.45, 7) is 4.06. The molecule has 0 spiro atoms. The van der Waals surface area contributed by atoms with E-state index in [-0.39, 0.29) is 17.8 Å². The van der Waals surface area contributed by atoms with Gasteiger partial charge in [-0.05, 0) is 38.1 Å². The van der Waals surface area contributed by atoms with Crippen LogP contribution in [0.4, 0.5) is 0 Å². The van der Waals surface area contributed by atoms with Gasteiger partial charge < -0.3 is 9.15 Å². The van der Waals surface area contributed by atoms with Gasteiger partial charge in [-0.1, -0.05) is 70.7 Å². The van der Waals surface area contributed by atoms with Crippen LogP contribution in [0.25, 0.3) is 22.3 Å². The first-order valence-corrected chi connectivity index (χ1v) is 9.89. The first-order valence-electron chi connectivity index (χ1n) is 9.13. The Morgan fingerprint density at radius 3 is 2.34 bits per heavy atom. The molecular formula is C24H18Cl2O3. The summed E-state index contributed by atoms with van der Waals surface area (Å²) in [4.78, 5) is 13.3. The van der Waals surface area contributed by atoms with Crippen LogP contribution in [0.1, 0.15) is 16.7 Å². The van der Waals surface area contributed by atoms with Crippen molar-refractivity contribution in [2.24, 2.45) is 0 Å². The van der Waals surface area contributed by atoms with Crippen molar-refractivity contribution in [1.29, 1.82) is 0 Å². The predicted octanol–water partition coefficient (Wildman–Crippen LogP) is 6.96. The molecule has 146 valence electrons. The summed E-state index contributed by atoms with van der Waals surface area (Å²) in [6.07, 6.45) is 0. The number of benzene rings is 3. The van der Waals surface area contributed by atoms with Gasteiger partial charge in [-0.15, -0.1) is 0 Å². The van der Waals surface area contributed by atoms with E-state index in [1.165, 1.54) is 0 Å². The average molecular weight is 425 g/mol. The molecule has 0 unspecified atom stereocenters. The van der Waals surface area contributed by atoms with E-state index < -0.39 is 0 Å². The van der Waals surface area contributed by atoms with Gasteiger partial charge in [0.15, 0.2) is 5.76 Å². The topological polar surface area (TPSA) is 39.4 Å². The molecule has 1 aromatic heterocycles. The van der Waals surface area contributed by atoms with Crippen LogP contribution in [0.15, 0.2) is 69.9 Å². The minimum absolute atomic E-state index is 0.122. The Labute approximate surface area is 178 Å². The van der Waals surface area contributed by atoms with Gasteiger partial charge in [0.2, 0.25) is 11.2 Å². The number of fused-ring (bicyclic) bond motifs is 1. The van der Waals surface area contributed by atoms with Crippen molar-refractivity contribution in [3.05, 3.63) is 97.6 Å². The Kier molecular flexibility index (Phi) is 5.35. The fourth-order valence-electron chi connectivity index (χ4n) is 3.11. The van der Waals surface area contributed by atoms with Crippen LogP contribution in [0, 0.1) is 13.8 Å². The zero-order chi connectivity index (χ0) is 20.5. The van der Waals surface area contributed by atoms with E-state index in [4.69, 9.17) is 32.4 Å². The fourth-order valence-corrected chi connectivity index (χ4v) is 3.57. The quantitative estimate of drug-likeness (QED) is 0.355. The molecule has 0 aliphatic carbocycles. The molecule has 0 aliphatic rings. The van der Waals surface area contributed by atoms with Crippen LogP contribution >= 0.6 is 23.2 Å². The highest BCUT2D eigenvalue weighted by Gasteiger charge is 2.18. The average Bonchev–Trinajstić information content (AvgIpc) is 2.69. The largest absolute Gasteiger partial charge is 0.481 e. The van der Waals surface area contributed by atoms with E-state index in [1.807, 2.05) is 56.3 Å². The molecule has 0 fully saturated rings. The van der Waals surface area contributed by atoms with Crippen molar-refractivity contribution < 1.29 is 9.15 Å². The number of ether oxygens (including phenoxy) is 1. The van der Waals surface area contributed by atoms with Gasteiger partial charge in [0.05, 0.1) is 5.39 Å². The molecule has 0 saturated heterocycles. The van der Waals surface area contributed by atoms with Gasteiger partial charge in [0.1, 0.15) is 12.2 Å². The normalized spacial score (nSPS) is 11.0. The molecule has 0 aliphatic heterocycles. The van der Waals surface area contributed by atoms with Crippen molar-refractivity contribution in [2.75, 3.05) is 0 Å². The summed E-state index contributed by atoms with van der Waals surface area (Å²) < 4.78 is 12.1. The molecule has 0 saturated carbocycles. The summed E-state index contributed by atoms with van der Waals surface area (Å²) >= 11 is 12.2. The molecule has 0 bridgehead atoms. The van der Waals surface area contributed by atoms with E-state index in [0.29, 0.717) is 26.8 Å². The van der Waals surface area contributed by atoms with Crippen LogP contribution < -0.4 is 10.2 Å². The molecule has 29 heavy (non-hydrogen) atoms. The number of halogens is 2. The summed E-state index contributed by atoms with van der Waals surface area (Å²) in [6, 6.07) is 18.5. The van der Waals surface area contributed by atoms with E-state index in [0.717, 1.165) is 22.3 Å². The molecule has 4 aromatic rings. The molecule has 0 N–H and O–H groups in total. The number of hydrogen-bond acceptors (Lipinski definition) is 3. The standard InChI is InChI=1S/C24H18Cl2O3/c1-14-3-6-16(7-4-14)23-24(28-13-17-8-9-18(25)12-20(17)26)22(27)19-11-15(2)5-10-21(19)29-23/h3-12H,13H2,1-2H3. The lowest BCUT2D eigenvalue weighted by molar-refractivity contribution is 0.298. The molecular weight excluding hydrogens is 407 g/mol. The Bertz CT molecular complexity index is 1260. The van der Waals surface area contributed by atoms with Gasteiger partial charge in [-0.3, -0.25) is 4.79 Å². The Morgan fingerprint density at radius 2 is 1.62 bits per heavy atom. The third-order valence-electron chi connectivity index (χ3n) is 4.71. The molecule has 3 nitrogen and oxygen atoms in total. The highest BCUT2D eigenvalue weighted by Crippen LogP contribution is 2.32. The van der Waals surface area contributed by atoms with E-state index >= 15 is 0 Å². The highest BCUT2D eigenvalue weighted by molar-refractivity contribution is 6.35. The first-order chi connectivity index (χ1) is 13.9. The maximum atomic E-state index is 13.3. The molecule has 0 atom stereocenters. The number of hydrogen-bond donors (Lipinski definition) is 0. The Hall–Kier alpha value is -2.75. The second-order valence-corrected chi connectivity index (χ2v) is 7.82. The third kappa shape index (κ3) is 4.02. The lowest BCUT2D eigenvalue weighted by atomic mass is 10.1. The summed E-state index contributed by atoms with van der Waals surface area (Å²) in [7, 11) is 0. The van der Waals surface area contributed by atoms with Crippen LogP contribution in [0.5, 0.6) is 5.75 Å². The third-order valence-corrected chi connectivity index (χ3v) is 5.29. The smallest absolute Gasteiger partial charge is 0.235 e. The predicted molar refractivity (Wildman–Crippen MR) is 118 cm³/mol. The van der Waals surface area contributed by atoms with Gasteiger partial charge in [-0.25, -0.2) is 0 Å². The van der Waals surface area contributed by atoms with Crippen molar-refractivity contribution in [1.82, 2.24) is 0 Å². The molecule has 4 rings (SSSR count). The van der Waals surface area contributed by atoms with E-state index in [9.17, 15) is 4.79 Å². The minimum Gasteiger partial charge on any atom is -0.481 e. The second kappa shape index (κ2) is 7.94. The Balaban J connectivity index is 1.85. The monoisotopic (exact) mass is 424 g/mol. The highest BCUT2D eigenvalue weighted by atomic mass is 35.5. The molecule has 1 heterocycles. The summed E-state index contributed by atoms with van der Waals surface area (Å²) in [5, 5.41) is 1.51. The van der Waals surface area contributed by atoms with Gasteiger partial charge in [0, 0.05) is 21.2 Å². The Morgan fingerprint density at radius 1 is 0.897 bits per heavy atom. The summed E-state index contributed by atoms with van der Waals surface area (Å²) in [5.74, 6) is 0.564. The van der Waals surface area contributed by atoms with E-state index in [2.05, 4.69) is 0 Å². The van der Waals surface area contributed by atoms with Crippen molar-refractivity contribution in [2.45, 2.75) is 20.5 Å². The molecule has 0 radical (unpaired) electrons. The number of rotatable bonds is 4. The summed E-state index contributed by atoms with van der Waals surface area (Å²) in [5.41, 5.74) is 3.90. The number of aryl methyl sites for hydroxylation is 2. The fraction of sp³-hybridized carbons (Fsp3) is 0.125. The zero-order valence-electron chi connectivity index (χ0n) is 16.0. The van der Waals surface area contributed by atoms with Gasteiger partial charge in [-0.2, -0.15) is 0 Å². The van der Waals surface area contributed by atoms with Crippen LogP contribution in [0.3, 0.4) is 0 Å². The van der Waals surface area contributed by atoms with Crippen LogP contribution in [-0.2, 0) is 6.61 Å². The molecule has 5 heteroatoms. The molecule has 0 amide bonds. The lowest BCUT2D eigenvalue weighted by Gasteiger charge is -2.13. The maximum absolute atomic E-state index is 13.3. The maximum Gasteiger partial charge on any atom is 0.235 e.